The van der Waals surface area contributed by atoms with Crippen molar-refractivity contribution < 1.29 is 5.11 Å². The molecular formula is C10H10N2O. The second-order valence-corrected chi connectivity index (χ2v) is 2.81. The minimum Gasteiger partial charge on any atom is -0.396 e. The molecule has 0 fully saturated rings. The first kappa shape index (κ1) is 8.13. The Balaban J connectivity index is 2.61. The largest absolute Gasteiger partial charge is 0.396 e. The van der Waals surface area contributed by atoms with Crippen LogP contribution >= 0.6 is 0 Å². The van der Waals surface area contributed by atoms with Gasteiger partial charge in [0.2, 0.25) is 0 Å². The van der Waals surface area contributed by atoms with Crippen LogP contribution in [0.2, 0.25) is 0 Å². The van der Waals surface area contributed by atoms with E-state index in [4.69, 9.17) is 5.11 Å². The van der Waals surface area contributed by atoms with E-state index in [0.29, 0.717) is 6.42 Å². The molecule has 3 heteroatoms. The summed E-state index contributed by atoms with van der Waals surface area (Å²) >= 11 is 0. The molecule has 0 amide bonds. The molecule has 66 valence electrons. The molecule has 0 aliphatic heterocycles. The van der Waals surface area contributed by atoms with Crippen molar-refractivity contribution in [2.75, 3.05) is 6.61 Å². The summed E-state index contributed by atoms with van der Waals surface area (Å²) in [4.78, 5) is 8.41. The molecule has 0 aliphatic rings. The summed E-state index contributed by atoms with van der Waals surface area (Å²) < 4.78 is 0. The Morgan fingerprint density at radius 3 is 2.85 bits per heavy atom. The van der Waals surface area contributed by atoms with E-state index < -0.39 is 0 Å². The second kappa shape index (κ2) is 3.49. The molecule has 0 spiro atoms. The fourth-order valence-electron chi connectivity index (χ4n) is 1.37. The van der Waals surface area contributed by atoms with Gasteiger partial charge in [0.25, 0.3) is 0 Å². The zero-order valence-corrected chi connectivity index (χ0v) is 7.14. The summed E-state index contributed by atoms with van der Waals surface area (Å²) in [6.45, 7) is 0.148. The van der Waals surface area contributed by atoms with E-state index in [1.807, 2.05) is 18.2 Å². The molecule has 1 heterocycles. The van der Waals surface area contributed by atoms with E-state index in [2.05, 4.69) is 9.97 Å². The van der Waals surface area contributed by atoms with Crippen LogP contribution in [0.15, 0.2) is 30.6 Å². The monoisotopic (exact) mass is 174 g/mol. The SMILES string of the molecule is OCCc1cccc2nccnc12. The number of hydrogen-bond donors (Lipinski definition) is 1. The minimum absolute atomic E-state index is 0.148. The normalized spacial score (nSPS) is 10.5. The predicted octanol–water partition coefficient (Wildman–Crippen LogP) is 1.16. The summed E-state index contributed by atoms with van der Waals surface area (Å²) in [7, 11) is 0. The standard InChI is InChI=1S/C10H10N2O/c13-7-4-8-2-1-3-9-10(8)12-6-5-11-9/h1-3,5-6,13H,4,7H2. The number of rotatable bonds is 2. The topological polar surface area (TPSA) is 46.0 Å². The van der Waals surface area contributed by atoms with Gasteiger partial charge in [0, 0.05) is 19.0 Å². The van der Waals surface area contributed by atoms with Gasteiger partial charge < -0.3 is 5.11 Å². The van der Waals surface area contributed by atoms with Gasteiger partial charge in [-0.25, -0.2) is 0 Å². The lowest BCUT2D eigenvalue weighted by Gasteiger charge is -2.01. The molecule has 1 aromatic carbocycles. The van der Waals surface area contributed by atoms with Crippen LogP contribution in [0.1, 0.15) is 5.56 Å². The van der Waals surface area contributed by atoms with E-state index in [-0.39, 0.29) is 6.61 Å². The van der Waals surface area contributed by atoms with Crippen LogP contribution in [0.5, 0.6) is 0 Å². The first-order chi connectivity index (χ1) is 6.42. The third kappa shape index (κ3) is 1.51. The number of fused-ring (bicyclic) bond motifs is 1. The van der Waals surface area contributed by atoms with Crippen LogP contribution in [-0.4, -0.2) is 21.7 Å². The minimum atomic E-state index is 0.148. The summed E-state index contributed by atoms with van der Waals surface area (Å²) in [5.41, 5.74) is 2.82. The molecule has 0 unspecified atom stereocenters. The van der Waals surface area contributed by atoms with Crippen molar-refractivity contribution in [3.8, 4) is 0 Å². The molecule has 0 aliphatic carbocycles. The van der Waals surface area contributed by atoms with Crippen molar-refractivity contribution in [1.29, 1.82) is 0 Å². The van der Waals surface area contributed by atoms with Gasteiger partial charge >= 0.3 is 0 Å². The molecule has 2 aromatic rings. The average molecular weight is 174 g/mol. The highest BCUT2D eigenvalue weighted by Crippen LogP contribution is 2.13. The summed E-state index contributed by atoms with van der Waals surface area (Å²) in [6, 6.07) is 5.82. The Morgan fingerprint density at radius 2 is 2.00 bits per heavy atom. The van der Waals surface area contributed by atoms with Crippen LogP contribution in [0.4, 0.5) is 0 Å². The number of benzene rings is 1. The average Bonchev–Trinajstić information content (AvgIpc) is 2.19. The molecule has 2 rings (SSSR count). The first-order valence-electron chi connectivity index (χ1n) is 4.21. The van der Waals surface area contributed by atoms with Crippen molar-refractivity contribution >= 4 is 11.0 Å². The zero-order valence-electron chi connectivity index (χ0n) is 7.14. The van der Waals surface area contributed by atoms with E-state index in [9.17, 15) is 0 Å². The number of nitrogens with zero attached hydrogens (tertiary/aromatic N) is 2. The van der Waals surface area contributed by atoms with Gasteiger partial charge in [0.1, 0.15) is 0 Å². The van der Waals surface area contributed by atoms with Crippen molar-refractivity contribution in [2.45, 2.75) is 6.42 Å². The number of aliphatic hydroxyl groups excluding tert-OH is 1. The van der Waals surface area contributed by atoms with Gasteiger partial charge in [0.15, 0.2) is 0 Å². The highest BCUT2D eigenvalue weighted by molar-refractivity contribution is 5.77. The quantitative estimate of drug-likeness (QED) is 0.743. The molecule has 3 nitrogen and oxygen atoms in total. The molecule has 13 heavy (non-hydrogen) atoms. The Bertz CT molecular complexity index is 409. The fourth-order valence-corrected chi connectivity index (χ4v) is 1.37. The van der Waals surface area contributed by atoms with Gasteiger partial charge in [-0.3, -0.25) is 9.97 Å². The second-order valence-electron chi connectivity index (χ2n) is 2.81. The summed E-state index contributed by atoms with van der Waals surface area (Å²) in [6.07, 6.45) is 3.98. The third-order valence-corrected chi connectivity index (χ3v) is 1.96. The van der Waals surface area contributed by atoms with Crippen LogP contribution in [-0.2, 0) is 6.42 Å². The smallest absolute Gasteiger partial charge is 0.0919 e. The fraction of sp³-hybridized carbons (Fsp3) is 0.200. The van der Waals surface area contributed by atoms with Crippen LogP contribution < -0.4 is 0 Å². The molecule has 0 saturated carbocycles. The van der Waals surface area contributed by atoms with E-state index in [0.717, 1.165) is 16.6 Å². The maximum Gasteiger partial charge on any atom is 0.0919 e. The Morgan fingerprint density at radius 1 is 1.15 bits per heavy atom. The van der Waals surface area contributed by atoms with E-state index in [1.165, 1.54) is 0 Å². The Kier molecular flexibility index (Phi) is 2.19. The van der Waals surface area contributed by atoms with Crippen molar-refractivity contribution in [1.82, 2.24) is 9.97 Å². The Hall–Kier alpha value is -1.48. The Labute approximate surface area is 76.1 Å². The number of hydrogen-bond acceptors (Lipinski definition) is 3. The highest BCUT2D eigenvalue weighted by Gasteiger charge is 2.00. The van der Waals surface area contributed by atoms with Gasteiger partial charge in [0.05, 0.1) is 11.0 Å². The molecular weight excluding hydrogens is 164 g/mol. The lowest BCUT2D eigenvalue weighted by atomic mass is 10.1. The van der Waals surface area contributed by atoms with Crippen LogP contribution in [0.3, 0.4) is 0 Å². The molecule has 1 N–H and O–H groups in total. The summed E-state index contributed by atoms with van der Waals surface area (Å²) in [5, 5.41) is 8.83. The van der Waals surface area contributed by atoms with Crippen molar-refractivity contribution in [3.63, 3.8) is 0 Å². The lowest BCUT2D eigenvalue weighted by Crippen LogP contribution is -1.94. The third-order valence-electron chi connectivity index (χ3n) is 1.96. The maximum absolute atomic E-state index is 8.83. The van der Waals surface area contributed by atoms with Crippen molar-refractivity contribution in [2.24, 2.45) is 0 Å². The summed E-state index contributed by atoms with van der Waals surface area (Å²) in [5.74, 6) is 0. The number of para-hydroxylation sites is 1. The lowest BCUT2D eigenvalue weighted by molar-refractivity contribution is 0.300. The molecule has 0 atom stereocenters. The maximum atomic E-state index is 8.83. The predicted molar refractivity (Wildman–Crippen MR) is 50.3 cm³/mol. The zero-order chi connectivity index (χ0) is 9.10. The van der Waals surface area contributed by atoms with Crippen LogP contribution in [0.25, 0.3) is 11.0 Å². The van der Waals surface area contributed by atoms with Gasteiger partial charge in [-0.2, -0.15) is 0 Å². The number of aromatic nitrogens is 2. The van der Waals surface area contributed by atoms with Gasteiger partial charge in [-0.15, -0.1) is 0 Å². The molecule has 0 saturated heterocycles. The highest BCUT2D eigenvalue weighted by atomic mass is 16.2. The molecule has 1 aromatic heterocycles. The van der Waals surface area contributed by atoms with E-state index >= 15 is 0 Å². The first-order valence-corrected chi connectivity index (χ1v) is 4.21. The van der Waals surface area contributed by atoms with Crippen LogP contribution in [0, 0.1) is 0 Å². The number of aliphatic hydroxyl groups is 1. The van der Waals surface area contributed by atoms with Crippen molar-refractivity contribution in [3.05, 3.63) is 36.2 Å². The van der Waals surface area contributed by atoms with Gasteiger partial charge in [-0.05, 0) is 18.1 Å². The van der Waals surface area contributed by atoms with E-state index in [1.54, 1.807) is 12.4 Å². The molecule has 0 bridgehead atoms. The van der Waals surface area contributed by atoms with Gasteiger partial charge in [-0.1, -0.05) is 12.1 Å². The molecule has 0 radical (unpaired) electrons.